The van der Waals surface area contributed by atoms with E-state index in [-0.39, 0.29) is 0 Å². The Morgan fingerprint density at radius 2 is 1.06 bits per heavy atom. The van der Waals surface area contributed by atoms with Crippen LogP contribution in [0.3, 0.4) is 0 Å². The number of aryl methyl sites for hydroxylation is 5. The normalized spacial score (nSPS) is 10.2. The summed E-state index contributed by atoms with van der Waals surface area (Å²) >= 11 is 0. The lowest BCUT2D eigenvalue weighted by atomic mass is 10.1. The first-order valence-corrected chi connectivity index (χ1v) is 16.7. The minimum absolute atomic E-state index is 0.565. The summed E-state index contributed by atoms with van der Waals surface area (Å²) in [5, 5.41) is 30.2. The van der Waals surface area contributed by atoms with Gasteiger partial charge in [0.05, 0.1) is 34.9 Å². The number of rotatable bonds is 3. The van der Waals surface area contributed by atoms with Crippen LogP contribution in [0.25, 0.3) is 43.6 Å². The standard InChI is InChI=1S/C11H8N2O.C11H14N2.C11H10N2.C10H6N2O/c1-13-6-9(7-14)10-4-8(5-12)2-3-11(10)13;2*1-8-7-13(2)11-4-3-9(6-12)5-10(8)11;11-4-7-1-2-10-9(3-7)8(6-13)5-12-10/h2-4,6-7H,1H3;3-5,7H,6,12H2,1-2H3;3-5,7H,1-2H3;1-3,5-6,12H. The molecule has 0 aliphatic carbocycles. The van der Waals surface area contributed by atoms with Gasteiger partial charge in [-0.25, -0.2) is 0 Å². The molecule has 0 saturated heterocycles. The quantitative estimate of drug-likeness (QED) is 0.178. The second-order valence-corrected chi connectivity index (χ2v) is 12.6. The zero-order valence-electron chi connectivity index (χ0n) is 30.2. The smallest absolute Gasteiger partial charge is 0.152 e. The highest BCUT2D eigenvalue weighted by atomic mass is 16.1. The first-order chi connectivity index (χ1) is 25.5. The largest absolute Gasteiger partial charge is 0.360 e. The van der Waals surface area contributed by atoms with E-state index in [1.165, 1.54) is 38.5 Å². The van der Waals surface area contributed by atoms with E-state index in [0.29, 0.717) is 28.8 Å². The van der Waals surface area contributed by atoms with Gasteiger partial charge in [0.15, 0.2) is 12.6 Å². The molecule has 0 amide bonds. The number of hydrogen-bond acceptors (Lipinski definition) is 6. The van der Waals surface area contributed by atoms with Crippen LogP contribution in [0.5, 0.6) is 0 Å². The summed E-state index contributed by atoms with van der Waals surface area (Å²) in [5.74, 6) is 0. The number of aromatic nitrogens is 4. The van der Waals surface area contributed by atoms with E-state index in [0.717, 1.165) is 39.9 Å². The zero-order chi connectivity index (χ0) is 38.2. The Morgan fingerprint density at radius 1 is 0.604 bits per heavy atom. The fraction of sp³-hybridized carbons (Fsp3) is 0.140. The summed E-state index contributed by atoms with van der Waals surface area (Å²) in [6, 6.07) is 28.9. The van der Waals surface area contributed by atoms with Gasteiger partial charge in [0, 0.05) is 107 Å². The number of nitrogens with one attached hydrogen (secondary N) is 1. The molecule has 0 bridgehead atoms. The van der Waals surface area contributed by atoms with E-state index in [9.17, 15) is 9.59 Å². The molecular weight excluding hydrogens is 661 g/mol. The van der Waals surface area contributed by atoms with Crippen LogP contribution in [0.1, 0.15) is 54.1 Å². The topological polar surface area (TPSA) is 162 Å². The third-order valence-corrected chi connectivity index (χ3v) is 9.05. The van der Waals surface area contributed by atoms with Crippen molar-refractivity contribution in [1.82, 2.24) is 18.7 Å². The summed E-state index contributed by atoms with van der Waals surface area (Å²) in [6.45, 7) is 4.80. The van der Waals surface area contributed by atoms with Gasteiger partial charge < -0.3 is 24.4 Å². The molecule has 53 heavy (non-hydrogen) atoms. The maximum absolute atomic E-state index is 10.7. The van der Waals surface area contributed by atoms with Crippen molar-refractivity contribution in [3.05, 3.63) is 142 Å². The maximum Gasteiger partial charge on any atom is 0.152 e. The predicted molar refractivity (Wildman–Crippen MR) is 209 cm³/mol. The maximum atomic E-state index is 10.7. The third-order valence-electron chi connectivity index (χ3n) is 9.05. The van der Waals surface area contributed by atoms with Crippen molar-refractivity contribution in [3.63, 3.8) is 0 Å². The number of carbonyl (C=O) groups excluding carboxylic acids is 2. The molecule has 0 radical (unpaired) electrons. The van der Waals surface area contributed by atoms with E-state index in [1.807, 2.05) is 49.0 Å². The number of nitrogens with zero attached hydrogens (tertiary/aromatic N) is 6. The molecule has 10 heteroatoms. The molecular formula is C43H38N8O2. The second kappa shape index (κ2) is 16.2. The van der Waals surface area contributed by atoms with Crippen LogP contribution in [-0.2, 0) is 27.7 Å². The fourth-order valence-corrected chi connectivity index (χ4v) is 6.32. The van der Waals surface area contributed by atoms with Crippen LogP contribution >= 0.6 is 0 Å². The lowest BCUT2D eigenvalue weighted by molar-refractivity contribution is 0.111. The van der Waals surface area contributed by atoms with Crippen LogP contribution < -0.4 is 5.73 Å². The van der Waals surface area contributed by atoms with Crippen LogP contribution in [-0.4, -0.2) is 31.3 Å². The molecule has 0 spiro atoms. The molecule has 10 nitrogen and oxygen atoms in total. The summed E-state index contributed by atoms with van der Waals surface area (Å²) in [6.07, 6.45) is 9.21. The van der Waals surface area contributed by atoms with Crippen molar-refractivity contribution in [2.75, 3.05) is 0 Å². The average Bonchev–Trinajstić information content (AvgIpc) is 3.92. The van der Waals surface area contributed by atoms with E-state index in [1.54, 1.807) is 42.7 Å². The Bertz CT molecular complexity index is 2750. The Hall–Kier alpha value is -7.19. The Balaban J connectivity index is 0.000000136. The van der Waals surface area contributed by atoms with Crippen molar-refractivity contribution < 1.29 is 9.59 Å². The minimum atomic E-state index is 0.565. The molecule has 0 atom stereocenters. The van der Waals surface area contributed by atoms with Gasteiger partial charge in [-0.1, -0.05) is 6.07 Å². The molecule has 0 unspecified atom stereocenters. The predicted octanol–water partition coefficient (Wildman–Crippen LogP) is 8.02. The molecule has 4 aromatic carbocycles. The Morgan fingerprint density at radius 3 is 1.58 bits per heavy atom. The van der Waals surface area contributed by atoms with Crippen LogP contribution in [0, 0.1) is 47.8 Å². The first kappa shape index (κ1) is 37.1. The van der Waals surface area contributed by atoms with Gasteiger partial charge in [0.2, 0.25) is 0 Å². The second-order valence-electron chi connectivity index (χ2n) is 12.6. The number of hydrogen-bond donors (Lipinski definition) is 2. The van der Waals surface area contributed by atoms with E-state index < -0.39 is 0 Å². The van der Waals surface area contributed by atoms with Crippen molar-refractivity contribution in [1.29, 1.82) is 15.8 Å². The number of fused-ring (bicyclic) bond motifs is 4. The third kappa shape index (κ3) is 7.92. The molecule has 0 aliphatic rings. The van der Waals surface area contributed by atoms with Crippen LogP contribution in [0.4, 0.5) is 0 Å². The van der Waals surface area contributed by atoms with Crippen molar-refractivity contribution in [3.8, 4) is 18.2 Å². The number of H-pyrrole nitrogens is 1. The molecule has 8 aromatic rings. The van der Waals surface area contributed by atoms with Gasteiger partial charge in [0.1, 0.15) is 0 Å². The average molecular weight is 699 g/mol. The summed E-state index contributed by atoms with van der Waals surface area (Å²) in [4.78, 5) is 24.3. The zero-order valence-corrected chi connectivity index (χ0v) is 30.2. The lowest BCUT2D eigenvalue weighted by Gasteiger charge is -1.99. The summed E-state index contributed by atoms with van der Waals surface area (Å²) in [5.41, 5.74) is 16.7. The van der Waals surface area contributed by atoms with Gasteiger partial charge in [0.25, 0.3) is 0 Å². The van der Waals surface area contributed by atoms with Gasteiger partial charge >= 0.3 is 0 Å². The van der Waals surface area contributed by atoms with E-state index >= 15 is 0 Å². The monoisotopic (exact) mass is 698 g/mol. The van der Waals surface area contributed by atoms with Gasteiger partial charge in [-0.15, -0.1) is 0 Å². The van der Waals surface area contributed by atoms with Crippen LogP contribution in [0.15, 0.2) is 97.6 Å². The fourth-order valence-electron chi connectivity index (χ4n) is 6.32. The van der Waals surface area contributed by atoms with Gasteiger partial charge in [-0.3, -0.25) is 9.59 Å². The van der Waals surface area contributed by atoms with Crippen molar-refractivity contribution in [2.45, 2.75) is 20.4 Å². The van der Waals surface area contributed by atoms with Gasteiger partial charge in [-0.05, 0) is 97.3 Å². The van der Waals surface area contributed by atoms with Crippen molar-refractivity contribution in [2.24, 2.45) is 26.9 Å². The van der Waals surface area contributed by atoms with Gasteiger partial charge in [-0.2, -0.15) is 15.8 Å². The van der Waals surface area contributed by atoms with E-state index in [2.05, 4.69) is 77.7 Å². The molecule has 4 aromatic heterocycles. The number of aldehydes is 2. The number of aromatic amines is 1. The first-order valence-electron chi connectivity index (χ1n) is 16.7. The SMILES string of the molecule is Cc1cn(C)c2ccc(C#N)cc12.Cc1cn(C)c2ccc(CN)cc12.Cn1cc(C=O)c2cc(C#N)ccc21.N#Cc1ccc2[nH]cc(C=O)c2c1. The molecule has 0 fully saturated rings. The molecule has 0 saturated carbocycles. The molecule has 3 N–H and O–H groups in total. The molecule has 4 heterocycles. The highest BCUT2D eigenvalue weighted by Crippen LogP contribution is 2.23. The molecule has 0 aliphatic heterocycles. The number of nitrogens with two attached hydrogens (primary N) is 1. The van der Waals surface area contributed by atoms with E-state index in [4.69, 9.17) is 21.5 Å². The summed E-state index contributed by atoms with van der Waals surface area (Å²) < 4.78 is 6.09. The lowest BCUT2D eigenvalue weighted by Crippen LogP contribution is -1.95. The number of nitriles is 3. The van der Waals surface area contributed by atoms with Crippen LogP contribution in [0.2, 0.25) is 0 Å². The molecule has 262 valence electrons. The summed E-state index contributed by atoms with van der Waals surface area (Å²) in [7, 11) is 5.96. The number of carbonyl (C=O) groups is 2. The molecule has 8 rings (SSSR count). The number of benzene rings is 4. The highest BCUT2D eigenvalue weighted by molar-refractivity contribution is 5.98. The highest BCUT2D eigenvalue weighted by Gasteiger charge is 2.07. The minimum Gasteiger partial charge on any atom is -0.360 e. The van der Waals surface area contributed by atoms with Crippen molar-refractivity contribution >= 4 is 56.2 Å². The Labute approximate surface area is 307 Å². The Kier molecular flexibility index (Phi) is 11.3.